The number of anilines is 2. The van der Waals surface area contributed by atoms with E-state index in [1.807, 2.05) is 37.3 Å². The maximum atomic E-state index is 13.7. The Hall–Kier alpha value is -3.55. The zero-order valence-electron chi connectivity index (χ0n) is 16.1. The van der Waals surface area contributed by atoms with Crippen LogP contribution in [0.3, 0.4) is 0 Å². The summed E-state index contributed by atoms with van der Waals surface area (Å²) in [6.45, 7) is 2.98. The lowest BCUT2D eigenvalue weighted by atomic mass is 10.2. The fourth-order valence-electron chi connectivity index (χ4n) is 3.06. The van der Waals surface area contributed by atoms with Gasteiger partial charge in [-0.15, -0.1) is 0 Å². The molecule has 29 heavy (non-hydrogen) atoms. The van der Waals surface area contributed by atoms with E-state index < -0.39 is 17.1 Å². The number of nitrogens with one attached hydrogen (secondary N) is 1. The van der Waals surface area contributed by atoms with Gasteiger partial charge in [0.05, 0.1) is 13.1 Å². The first-order valence-electron chi connectivity index (χ1n) is 9.30. The van der Waals surface area contributed by atoms with E-state index in [9.17, 15) is 14.0 Å². The second kappa shape index (κ2) is 9.09. The van der Waals surface area contributed by atoms with Gasteiger partial charge in [0.15, 0.2) is 11.6 Å². The Kier molecular flexibility index (Phi) is 6.33. The topological polar surface area (TPSA) is 93.3 Å². The molecule has 3 aromatic rings. The van der Waals surface area contributed by atoms with Crippen molar-refractivity contribution in [1.29, 1.82) is 0 Å². The molecule has 8 heteroatoms. The summed E-state index contributed by atoms with van der Waals surface area (Å²) < 4.78 is 20.5. The third kappa shape index (κ3) is 4.66. The molecule has 0 saturated heterocycles. The van der Waals surface area contributed by atoms with Crippen molar-refractivity contribution in [2.75, 3.05) is 30.3 Å². The van der Waals surface area contributed by atoms with Crippen LogP contribution < -0.4 is 26.6 Å². The van der Waals surface area contributed by atoms with Crippen LogP contribution in [0, 0.1) is 5.82 Å². The van der Waals surface area contributed by atoms with Crippen molar-refractivity contribution in [2.24, 2.45) is 0 Å². The molecule has 2 aromatic carbocycles. The molecule has 1 heterocycles. The summed E-state index contributed by atoms with van der Waals surface area (Å²) in [5, 5.41) is 0. The number of hydrogen-bond acceptors (Lipinski definition) is 5. The highest BCUT2D eigenvalue weighted by Gasteiger charge is 2.18. The van der Waals surface area contributed by atoms with Crippen molar-refractivity contribution in [2.45, 2.75) is 13.5 Å². The molecule has 0 saturated carbocycles. The van der Waals surface area contributed by atoms with Crippen LogP contribution in [0.2, 0.25) is 0 Å². The molecule has 0 unspecified atom stereocenters. The number of halogens is 1. The number of H-pyrrole nitrogens is 1. The van der Waals surface area contributed by atoms with Crippen LogP contribution >= 0.6 is 0 Å². The predicted molar refractivity (Wildman–Crippen MR) is 111 cm³/mol. The minimum absolute atomic E-state index is 0.0790. The summed E-state index contributed by atoms with van der Waals surface area (Å²) in [7, 11) is 0. The molecule has 0 aliphatic rings. The number of nitrogens with zero attached hydrogens (tertiary/aromatic N) is 2. The van der Waals surface area contributed by atoms with Gasteiger partial charge in [-0.3, -0.25) is 14.3 Å². The smallest absolute Gasteiger partial charge is 0.330 e. The van der Waals surface area contributed by atoms with E-state index in [4.69, 9.17) is 10.5 Å². The Bertz CT molecular complexity index is 1080. The number of nitrogen functional groups attached to an aromatic ring is 1. The van der Waals surface area contributed by atoms with E-state index in [0.29, 0.717) is 13.1 Å². The van der Waals surface area contributed by atoms with Crippen molar-refractivity contribution >= 4 is 11.5 Å². The van der Waals surface area contributed by atoms with Gasteiger partial charge in [-0.25, -0.2) is 9.18 Å². The number of aromatic nitrogens is 2. The minimum Gasteiger partial charge on any atom is -0.489 e. The van der Waals surface area contributed by atoms with Crippen molar-refractivity contribution < 1.29 is 9.13 Å². The SMILES string of the molecule is CCN(CCOc1ccccc1F)c1c(N)n(Cc2ccccc2)c(=O)[nH]c1=O. The summed E-state index contributed by atoms with van der Waals surface area (Å²) in [6.07, 6.45) is 0. The van der Waals surface area contributed by atoms with Gasteiger partial charge in [0, 0.05) is 6.54 Å². The largest absolute Gasteiger partial charge is 0.489 e. The highest BCUT2D eigenvalue weighted by Crippen LogP contribution is 2.19. The number of para-hydroxylation sites is 1. The molecule has 7 nitrogen and oxygen atoms in total. The Labute approximate surface area is 167 Å². The molecule has 0 bridgehead atoms. The predicted octanol–water partition coefficient (Wildman–Crippen LogP) is 2.21. The van der Waals surface area contributed by atoms with Crippen LogP contribution in [-0.2, 0) is 6.54 Å². The number of hydrogen-bond donors (Lipinski definition) is 2. The van der Waals surface area contributed by atoms with E-state index in [1.54, 1.807) is 17.0 Å². The third-order valence-corrected chi connectivity index (χ3v) is 4.55. The number of rotatable bonds is 8. The van der Waals surface area contributed by atoms with Crippen molar-refractivity contribution in [3.8, 4) is 5.75 Å². The third-order valence-electron chi connectivity index (χ3n) is 4.55. The number of benzene rings is 2. The van der Waals surface area contributed by atoms with Crippen molar-refractivity contribution in [3.05, 3.63) is 86.8 Å². The van der Waals surface area contributed by atoms with Crippen molar-refractivity contribution in [3.63, 3.8) is 0 Å². The molecule has 3 N–H and O–H groups in total. The lowest BCUT2D eigenvalue weighted by Gasteiger charge is -2.25. The summed E-state index contributed by atoms with van der Waals surface area (Å²) in [6, 6.07) is 15.5. The first kappa shape index (κ1) is 20.2. The lowest BCUT2D eigenvalue weighted by Crippen LogP contribution is -2.40. The van der Waals surface area contributed by atoms with Crippen LogP contribution in [0.4, 0.5) is 15.9 Å². The maximum absolute atomic E-state index is 13.7. The number of aromatic amines is 1. The molecule has 0 spiro atoms. The van der Waals surface area contributed by atoms with Crippen LogP contribution in [0.1, 0.15) is 12.5 Å². The molecule has 0 atom stereocenters. The molecule has 152 valence electrons. The standard InChI is InChI=1S/C21H23FN4O3/c1-2-25(12-13-29-17-11-7-6-10-16(17)22)18-19(23)26(21(28)24-20(18)27)14-15-8-4-3-5-9-15/h3-11H,2,12-14,23H2,1H3,(H,24,27,28). The van der Waals surface area contributed by atoms with Gasteiger partial charge in [0.25, 0.3) is 5.56 Å². The molecule has 3 rings (SSSR count). The van der Waals surface area contributed by atoms with E-state index >= 15 is 0 Å². The molecule has 0 fully saturated rings. The zero-order valence-corrected chi connectivity index (χ0v) is 16.1. The lowest BCUT2D eigenvalue weighted by molar-refractivity contribution is 0.307. The highest BCUT2D eigenvalue weighted by atomic mass is 19.1. The number of likely N-dealkylation sites (N-methyl/N-ethyl adjacent to an activating group) is 1. The molecule has 0 radical (unpaired) electrons. The Morgan fingerprint density at radius 3 is 2.48 bits per heavy atom. The first-order chi connectivity index (χ1) is 14.0. The molecular formula is C21H23FN4O3. The highest BCUT2D eigenvalue weighted by molar-refractivity contribution is 5.62. The number of ether oxygens (including phenoxy) is 1. The fraction of sp³-hybridized carbons (Fsp3) is 0.238. The van der Waals surface area contributed by atoms with Gasteiger partial charge in [-0.2, -0.15) is 0 Å². The molecular weight excluding hydrogens is 375 g/mol. The number of nitrogens with two attached hydrogens (primary N) is 1. The Morgan fingerprint density at radius 2 is 1.79 bits per heavy atom. The van der Waals surface area contributed by atoms with Crippen LogP contribution in [-0.4, -0.2) is 29.2 Å². The Balaban J connectivity index is 1.83. The van der Waals surface area contributed by atoms with Gasteiger partial charge >= 0.3 is 5.69 Å². The van der Waals surface area contributed by atoms with E-state index in [2.05, 4.69) is 4.98 Å². The normalized spacial score (nSPS) is 10.7. The van der Waals surface area contributed by atoms with E-state index in [0.717, 1.165) is 5.56 Å². The molecule has 0 aliphatic carbocycles. The first-order valence-corrected chi connectivity index (χ1v) is 9.30. The van der Waals surface area contributed by atoms with Gasteiger partial charge < -0.3 is 15.4 Å². The van der Waals surface area contributed by atoms with Gasteiger partial charge in [-0.1, -0.05) is 42.5 Å². The summed E-state index contributed by atoms with van der Waals surface area (Å²) >= 11 is 0. The molecule has 1 aromatic heterocycles. The van der Waals surface area contributed by atoms with Gasteiger partial charge in [0.1, 0.15) is 18.1 Å². The van der Waals surface area contributed by atoms with Crippen LogP contribution in [0.15, 0.2) is 64.2 Å². The van der Waals surface area contributed by atoms with Gasteiger partial charge in [-0.05, 0) is 24.6 Å². The monoisotopic (exact) mass is 398 g/mol. The maximum Gasteiger partial charge on any atom is 0.330 e. The summed E-state index contributed by atoms with van der Waals surface area (Å²) in [5.41, 5.74) is 6.16. The summed E-state index contributed by atoms with van der Waals surface area (Å²) in [4.78, 5) is 28.8. The second-order valence-electron chi connectivity index (χ2n) is 6.42. The molecule has 0 amide bonds. The minimum atomic E-state index is -0.571. The fourth-order valence-corrected chi connectivity index (χ4v) is 3.06. The second-order valence-corrected chi connectivity index (χ2v) is 6.42. The van der Waals surface area contributed by atoms with Crippen LogP contribution in [0.5, 0.6) is 5.75 Å². The van der Waals surface area contributed by atoms with E-state index in [-0.39, 0.29) is 30.4 Å². The van der Waals surface area contributed by atoms with Crippen molar-refractivity contribution in [1.82, 2.24) is 9.55 Å². The Morgan fingerprint density at radius 1 is 1.10 bits per heavy atom. The summed E-state index contributed by atoms with van der Waals surface area (Å²) in [5.74, 6) is -0.237. The zero-order chi connectivity index (χ0) is 20.8. The average molecular weight is 398 g/mol. The van der Waals surface area contributed by atoms with Gasteiger partial charge in [0.2, 0.25) is 0 Å². The van der Waals surface area contributed by atoms with E-state index in [1.165, 1.54) is 16.7 Å². The molecule has 0 aliphatic heterocycles. The van der Waals surface area contributed by atoms with Crippen LogP contribution in [0.25, 0.3) is 0 Å². The quantitative estimate of drug-likeness (QED) is 0.607. The average Bonchev–Trinajstić information content (AvgIpc) is 2.72.